The van der Waals surface area contributed by atoms with Crippen molar-refractivity contribution in [2.24, 2.45) is 5.41 Å². The van der Waals surface area contributed by atoms with Crippen molar-refractivity contribution in [3.05, 3.63) is 80.6 Å². The van der Waals surface area contributed by atoms with Crippen LogP contribution in [0.4, 0.5) is 36.4 Å². The molecule has 1 aliphatic heterocycles. The summed E-state index contributed by atoms with van der Waals surface area (Å²) in [6, 6.07) is 3.53. The van der Waals surface area contributed by atoms with E-state index in [0.717, 1.165) is 25.1 Å². The summed E-state index contributed by atoms with van der Waals surface area (Å²) in [6.45, 7) is 0.587. The van der Waals surface area contributed by atoms with Crippen molar-refractivity contribution in [2.45, 2.75) is 57.0 Å². The molecule has 1 aromatic carbocycles. The molecular weight excluding hydrogens is 585 g/mol. The van der Waals surface area contributed by atoms with Crippen LogP contribution in [0.15, 0.2) is 52.6 Å². The Morgan fingerprint density at radius 3 is 2.37 bits per heavy atom. The fourth-order valence-electron chi connectivity index (χ4n) is 5.89. The molecule has 2 aliphatic rings. The van der Waals surface area contributed by atoms with Gasteiger partial charge in [-0.1, -0.05) is 0 Å². The molecule has 1 atom stereocenters. The Labute approximate surface area is 238 Å². The van der Waals surface area contributed by atoms with Gasteiger partial charge in [0.25, 0.3) is 11.1 Å². The van der Waals surface area contributed by atoms with E-state index in [0.29, 0.717) is 43.6 Å². The van der Waals surface area contributed by atoms with Gasteiger partial charge in [0, 0.05) is 37.7 Å². The van der Waals surface area contributed by atoms with Crippen LogP contribution in [-0.2, 0) is 18.9 Å². The van der Waals surface area contributed by atoms with Gasteiger partial charge >= 0.3 is 12.4 Å². The number of nitrogens with one attached hydrogen (secondary N) is 1. The average molecular weight is 609 g/mol. The molecule has 15 heteroatoms. The molecule has 1 saturated carbocycles. The molecule has 1 N–H and O–H groups in total. The summed E-state index contributed by atoms with van der Waals surface area (Å²) in [5, 5.41) is 5.85. The molecule has 43 heavy (non-hydrogen) atoms. The molecule has 0 unspecified atom stereocenters. The molecule has 8 nitrogen and oxygen atoms in total. The number of nitrogens with zero attached hydrogens (tertiary/aromatic N) is 5. The summed E-state index contributed by atoms with van der Waals surface area (Å²) >= 11 is 0. The zero-order valence-corrected chi connectivity index (χ0v) is 22.3. The second-order valence-corrected chi connectivity index (χ2v) is 11.1. The van der Waals surface area contributed by atoms with Crippen LogP contribution in [0.2, 0.25) is 0 Å². The topological polar surface area (TPSA) is 96.8 Å². The number of halogens is 7. The Morgan fingerprint density at radius 2 is 1.72 bits per heavy atom. The zero-order valence-electron chi connectivity index (χ0n) is 22.3. The third kappa shape index (κ3) is 5.47. The van der Waals surface area contributed by atoms with E-state index in [2.05, 4.69) is 15.1 Å². The molecule has 6 rings (SSSR count). The smallest absolute Gasteiger partial charge is 0.366 e. The maximum absolute atomic E-state index is 15.0. The lowest BCUT2D eigenvalue weighted by Gasteiger charge is -2.28. The van der Waals surface area contributed by atoms with E-state index < -0.39 is 40.4 Å². The minimum Gasteiger partial charge on any atom is -0.366 e. The third-order valence-corrected chi connectivity index (χ3v) is 8.22. The van der Waals surface area contributed by atoms with Crippen molar-refractivity contribution in [2.75, 3.05) is 11.4 Å². The third-order valence-electron chi connectivity index (χ3n) is 8.22. The minimum absolute atomic E-state index is 0.0412. The van der Waals surface area contributed by atoms with Crippen molar-refractivity contribution in [1.82, 2.24) is 24.7 Å². The highest BCUT2D eigenvalue weighted by atomic mass is 19.4. The fourth-order valence-corrected chi connectivity index (χ4v) is 5.89. The van der Waals surface area contributed by atoms with Crippen LogP contribution < -0.4 is 16.0 Å². The molecule has 1 saturated heterocycles. The molecule has 1 spiro atoms. The van der Waals surface area contributed by atoms with Crippen molar-refractivity contribution in [3.63, 3.8) is 0 Å². The Kier molecular flexibility index (Phi) is 6.80. The lowest BCUT2D eigenvalue weighted by molar-refractivity contribution is -0.139. The van der Waals surface area contributed by atoms with Gasteiger partial charge in [-0.15, -0.1) is 0 Å². The second-order valence-electron chi connectivity index (χ2n) is 11.1. The summed E-state index contributed by atoms with van der Waals surface area (Å²) in [5.74, 6) is -1.15. The van der Waals surface area contributed by atoms with Crippen LogP contribution in [0.5, 0.6) is 0 Å². The normalized spacial score (nSPS) is 18.1. The Balaban J connectivity index is 1.21. The van der Waals surface area contributed by atoms with Crippen molar-refractivity contribution in [1.29, 1.82) is 0 Å². The number of pyridine rings is 1. The van der Waals surface area contributed by atoms with Gasteiger partial charge in [-0.25, -0.2) is 19.5 Å². The van der Waals surface area contributed by atoms with Crippen LogP contribution >= 0.6 is 0 Å². The van der Waals surface area contributed by atoms with Gasteiger partial charge in [-0.05, 0) is 61.1 Å². The predicted octanol–water partition coefficient (Wildman–Crippen LogP) is 5.56. The molecule has 2 fully saturated rings. The number of aromatic nitrogens is 5. The number of H-pyrrole nitrogens is 1. The van der Waals surface area contributed by atoms with Gasteiger partial charge in [0.15, 0.2) is 5.82 Å². The molecule has 4 heterocycles. The molecule has 0 bridgehead atoms. The monoisotopic (exact) mass is 608 g/mol. The summed E-state index contributed by atoms with van der Waals surface area (Å²) in [4.78, 5) is 34.1. The van der Waals surface area contributed by atoms with Crippen LogP contribution in [-0.4, -0.2) is 37.3 Å². The number of fused-ring (bicyclic) bond motifs is 1. The molecule has 1 aliphatic carbocycles. The fraction of sp³-hybridized carbons (Fsp3) is 0.393. The number of benzene rings is 1. The van der Waals surface area contributed by atoms with E-state index in [4.69, 9.17) is 0 Å². The number of hydrogen-bond donors (Lipinski definition) is 1. The predicted molar refractivity (Wildman–Crippen MR) is 141 cm³/mol. The zero-order chi connectivity index (χ0) is 30.7. The van der Waals surface area contributed by atoms with Crippen molar-refractivity contribution < 1.29 is 30.7 Å². The number of alkyl halides is 6. The van der Waals surface area contributed by atoms with E-state index >= 15 is 0 Å². The maximum Gasteiger partial charge on any atom is 0.423 e. The lowest BCUT2D eigenvalue weighted by Crippen LogP contribution is -2.35. The van der Waals surface area contributed by atoms with Gasteiger partial charge in [-0.3, -0.25) is 9.59 Å². The lowest BCUT2D eigenvalue weighted by atomic mass is 10.00. The number of anilines is 1. The standard InChI is InChI=1S/C28H23F7N6O2/c29-20-9-18-15(8-19(20)23-36-11-16(12-37-23)27(30,31)32)3-7-40(25(18)43)6-1-2-17-10-26(4-5-26)14-41(17)21-13-38-39-24(42)22(21)28(33,34)35/h3,7-9,11-13,17H,1-2,4-6,10,14H2,(H,39,42)/t17-/m1/s1. The summed E-state index contributed by atoms with van der Waals surface area (Å²) in [5.41, 5.74) is -4.68. The highest BCUT2D eigenvalue weighted by Gasteiger charge is 2.53. The number of rotatable bonds is 6. The van der Waals surface area contributed by atoms with E-state index in [1.807, 2.05) is 5.10 Å². The van der Waals surface area contributed by atoms with Gasteiger partial charge < -0.3 is 9.47 Å². The molecule has 4 aromatic rings. The van der Waals surface area contributed by atoms with Gasteiger partial charge in [0.2, 0.25) is 0 Å². The highest BCUT2D eigenvalue weighted by Crippen LogP contribution is 2.56. The van der Waals surface area contributed by atoms with Crippen molar-refractivity contribution in [3.8, 4) is 11.4 Å². The first-order valence-corrected chi connectivity index (χ1v) is 13.4. The van der Waals surface area contributed by atoms with Gasteiger partial charge in [0.1, 0.15) is 11.4 Å². The van der Waals surface area contributed by atoms with E-state index in [1.54, 1.807) is 11.0 Å². The molecule has 0 radical (unpaired) electrons. The summed E-state index contributed by atoms with van der Waals surface area (Å²) in [7, 11) is 0. The van der Waals surface area contributed by atoms with Crippen LogP contribution in [0.1, 0.15) is 43.2 Å². The van der Waals surface area contributed by atoms with E-state index in [-0.39, 0.29) is 40.5 Å². The van der Waals surface area contributed by atoms with E-state index in [1.165, 1.54) is 16.8 Å². The van der Waals surface area contributed by atoms with Gasteiger partial charge in [0.05, 0.1) is 28.4 Å². The Hall–Kier alpha value is -4.30. The Morgan fingerprint density at radius 1 is 1.00 bits per heavy atom. The molecule has 226 valence electrons. The number of aryl methyl sites for hydroxylation is 1. The van der Waals surface area contributed by atoms with Crippen LogP contribution in [0, 0.1) is 11.2 Å². The molecular formula is C28H23F7N6O2. The second kappa shape index (κ2) is 10.2. The summed E-state index contributed by atoms with van der Waals surface area (Å²) < 4.78 is 96.1. The Bertz CT molecular complexity index is 1810. The van der Waals surface area contributed by atoms with Gasteiger partial charge in [-0.2, -0.15) is 31.4 Å². The quantitative estimate of drug-likeness (QED) is 0.288. The van der Waals surface area contributed by atoms with Crippen molar-refractivity contribution >= 4 is 16.5 Å². The number of hydrogen-bond acceptors (Lipinski definition) is 6. The highest BCUT2D eigenvalue weighted by molar-refractivity contribution is 5.86. The largest absolute Gasteiger partial charge is 0.423 e. The van der Waals surface area contributed by atoms with E-state index in [9.17, 15) is 40.3 Å². The van der Waals surface area contributed by atoms with Crippen LogP contribution in [0.25, 0.3) is 22.2 Å². The molecule has 3 aromatic heterocycles. The average Bonchev–Trinajstić information content (AvgIpc) is 3.60. The maximum atomic E-state index is 15.0. The summed E-state index contributed by atoms with van der Waals surface area (Å²) in [6.07, 6.45) is -2.60. The molecule has 0 amide bonds. The first kappa shape index (κ1) is 28.8. The van der Waals surface area contributed by atoms with Crippen LogP contribution in [0.3, 0.4) is 0 Å². The minimum atomic E-state index is -4.86. The SMILES string of the molecule is O=c1[nH]ncc(N2CC3(CC3)C[C@H]2CCCn2ccc3cc(-c4ncc(C(F)(F)F)cn4)c(F)cc3c2=O)c1C(F)(F)F. The first-order chi connectivity index (χ1) is 20.3. The first-order valence-electron chi connectivity index (χ1n) is 13.4. The number of aromatic amines is 1.